The second-order valence-electron chi connectivity index (χ2n) is 9.74. The molecule has 9 heteroatoms. The first-order valence-corrected chi connectivity index (χ1v) is 12.7. The Bertz CT molecular complexity index is 1600. The van der Waals surface area contributed by atoms with Crippen molar-refractivity contribution in [2.45, 2.75) is 25.6 Å². The Morgan fingerprint density at radius 3 is 2.35 bits per heavy atom. The van der Waals surface area contributed by atoms with Gasteiger partial charge in [-0.05, 0) is 64.2 Å². The summed E-state index contributed by atoms with van der Waals surface area (Å²) in [6.07, 6.45) is 1.56. The molecule has 40 heavy (non-hydrogen) atoms. The van der Waals surface area contributed by atoms with Crippen LogP contribution in [0.4, 0.5) is 4.79 Å². The fourth-order valence-corrected chi connectivity index (χ4v) is 5.00. The summed E-state index contributed by atoms with van der Waals surface area (Å²) in [5.41, 5.74) is 1.84. The van der Waals surface area contributed by atoms with E-state index >= 15 is 0 Å². The molecule has 3 amide bonds. The molecule has 1 fully saturated rings. The van der Waals surface area contributed by atoms with Crippen molar-refractivity contribution in [3.63, 3.8) is 0 Å². The summed E-state index contributed by atoms with van der Waals surface area (Å²) in [7, 11) is 0. The highest BCUT2D eigenvalue weighted by molar-refractivity contribution is 6.07. The van der Waals surface area contributed by atoms with Crippen LogP contribution in [0.3, 0.4) is 0 Å². The number of carbonyl (C=O) groups excluding carboxylic acids is 2. The van der Waals surface area contributed by atoms with Crippen LogP contribution in [-0.2, 0) is 28.2 Å². The number of ether oxygens (including phenoxy) is 1. The Balaban J connectivity index is 1.49. The topological polar surface area (TPSA) is 126 Å². The fourth-order valence-electron chi connectivity index (χ4n) is 5.00. The zero-order valence-electron chi connectivity index (χ0n) is 21.9. The monoisotopic (exact) mass is 536 g/mol. The van der Waals surface area contributed by atoms with E-state index in [0.717, 1.165) is 27.5 Å². The van der Waals surface area contributed by atoms with E-state index in [4.69, 9.17) is 15.7 Å². The number of carboxylic acid groups (broad SMARTS) is 1. The second kappa shape index (κ2) is 10.9. The predicted molar refractivity (Wildman–Crippen MR) is 151 cm³/mol. The normalized spacial score (nSPS) is 17.2. The molecule has 4 aromatic rings. The van der Waals surface area contributed by atoms with E-state index in [2.05, 4.69) is 5.10 Å². The van der Waals surface area contributed by atoms with E-state index in [0.29, 0.717) is 11.3 Å². The molecule has 1 heterocycles. The quantitative estimate of drug-likeness (QED) is 0.141. The van der Waals surface area contributed by atoms with E-state index < -0.39 is 24.1 Å². The number of hydrogen-bond acceptors (Lipinski definition) is 6. The van der Waals surface area contributed by atoms with E-state index in [9.17, 15) is 14.4 Å². The zero-order chi connectivity index (χ0) is 28.3. The number of imide groups is 1. The first-order chi connectivity index (χ1) is 19.3. The van der Waals surface area contributed by atoms with Gasteiger partial charge in [0.05, 0.1) is 12.8 Å². The summed E-state index contributed by atoms with van der Waals surface area (Å²) in [5, 5.41) is 14.4. The standard InChI is InChI=1S/C31H28N4O5/c1-31(26-11-13-27(14-12-26)40-20-28(36)37)29(38)34(30(39)35(31)19-21-5-3-2-4-6-21)18-23-8-10-24-9-7-22(17-33-32)15-25(24)16-23/h2-17H,18-20,32H2,1H3,(H,36,37). The van der Waals surface area contributed by atoms with Crippen LogP contribution in [0.5, 0.6) is 5.75 Å². The van der Waals surface area contributed by atoms with Gasteiger partial charge in [0, 0.05) is 6.54 Å². The maximum absolute atomic E-state index is 14.1. The van der Waals surface area contributed by atoms with Gasteiger partial charge in [0.15, 0.2) is 6.61 Å². The lowest BCUT2D eigenvalue weighted by Gasteiger charge is -2.32. The number of amides is 3. The molecule has 1 unspecified atom stereocenters. The van der Waals surface area contributed by atoms with Gasteiger partial charge in [-0.1, -0.05) is 66.7 Å². The predicted octanol–water partition coefficient (Wildman–Crippen LogP) is 4.48. The summed E-state index contributed by atoms with van der Waals surface area (Å²) in [6, 6.07) is 27.3. The first-order valence-electron chi connectivity index (χ1n) is 12.7. The third-order valence-corrected chi connectivity index (χ3v) is 7.12. The van der Waals surface area contributed by atoms with Crippen molar-refractivity contribution in [1.82, 2.24) is 9.80 Å². The number of benzene rings is 4. The summed E-state index contributed by atoms with van der Waals surface area (Å²) in [6.45, 7) is 1.59. The Hall–Kier alpha value is -5.18. The van der Waals surface area contributed by atoms with Crippen LogP contribution in [0.2, 0.25) is 0 Å². The number of urea groups is 1. The molecular formula is C31H28N4O5. The van der Waals surface area contributed by atoms with Gasteiger partial charge >= 0.3 is 12.0 Å². The number of carboxylic acids is 1. The van der Waals surface area contributed by atoms with Gasteiger partial charge in [-0.15, -0.1) is 0 Å². The highest BCUT2D eigenvalue weighted by atomic mass is 16.5. The van der Waals surface area contributed by atoms with Crippen LogP contribution in [-0.4, -0.2) is 45.6 Å². The summed E-state index contributed by atoms with van der Waals surface area (Å²) < 4.78 is 5.26. The highest BCUT2D eigenvalue weighted by Gasteiger charge is 2.55. The smallest absolute Gasteiger partial charge is 0.341 e. The Morgan fingerprint density at radius 1 is 0.925 bits per heavy atom. The number of rotatable bonds is 9. The average molecular weight is 537 g/mol. The van der Waals surface area contributed by atoms with E-state index in [-0.39, 0.29) is 19.0 Å². The lowest BCUT2D eigenvalue weighted by molar-refractivity contribution is -0.139. The molecule has 0 aliphatic carbocycles. The van der Waals surface area contributed by atoms with Gasteiger partial charge in [0.25, 0.3) is 5.91 Å². The van der Waals surface area contributed by atoms with Gasteiger partial charge in [0.1, 0.15) is 11.3 Å². The SMILES string of the molecule is CC1(c2ccc(OCC(=O)O)cc2)C(=O)N(Cc2ccc3ccc(C=NN)cc3c2)C(=O)N1Cc1ccccc1. The lowest BCUT2D eigenvalue weighted by atomic mass is 9.89. The van der Waals surface area contributed by atoms with Crippen LogP contribution in [0.15, 0.2) is 96.1 Å². The van der Waals surface area contributed by atoms with E-state index in [1.807, 2.05) is 66.7 Å². The Kier molecular flexibility index (Phi) is 7.20. The molecule has 0 spiro atoms. The summed E-state index contributed by atoms with van der Waals surface area (Å²) >= 11 is 0. The maximum Gasteiger partial charge on any atom is 0.341 e. The molecule has 0 saturated carbocycles. The molecular weight excluding hydrogens is 508 g/mol. The molecule has 0 radical (unpaired) electrons. The number of hydrazone groups is 1. The third kappa shape index (κ3) is 5.09. The number of nitrogens with two attached hydrogens (primary N) is 1. The highest BCUT2D eigenvalue weighted by Crippen LogP contribution is 2.40. The molecule has 4 aromatic carbocycles. The van der Waals surface area contributed by atoms with Crippen molar-refractivity contribution in [1.29, 1.82) is 0 Å². The minimum Gasteiger partial charge on any atom is -0.482 e. The van der Waals surface area contributed by atoms with Crippen molar-refractivity contribution in [2.75, 3.05) is 6.61 Å². The van der Waals surface area contributed by atoms with Crippen LogP contribution in [0, 0.1) is 0 Å². The average Bonchev–Trinajstić information content (AvgIpc) is 3.13. The van der Waals surface area contributed by atoms with Crippen LogP contribution < -0.4 is 10.6 Å². The molecule has 9 nitrogen and oxygen atoms in total. The summed E-state index contributed by atoms with van der Waals surface area (Å²) in [4.78, 5) is 41.7. The molecule has 202 valence electrons. The van der Waals surface area contributed by atoms with Crippen molar-refractivity contribution in [2.24, 2.45) is 10.9 Å². The van der Waals surface area contributed by atoms with Gasteiger partial charge in [-0.3, -0.25) is 9.69 Å². The van der Waals surface area contributed by atoms with Gasteiger partial charge in [0.2, 0.25) is 0 Å². The second-order valence-corrected chi connectivity index (χ2v) is 9.74. The Labute approximate surface area is 231 Å². The number of hydrogen-bond donors (Lipinski definition) is 2. The van der Waals surface area contributed by atoms with Gasteiger partial charge in [-0.25, -0.2) is 9.59 Å². The van der Waals surface area contributed by atoms with E-state index in [1.54, 1.807) is 42.3 Å². The van der Waals surface area contributed by atoms with Crippen molar-refractivity contribution in [3.05, 3.63) is 113 Å². The summed E-state index contributed by atoms with van der Waals surface area (Å²) in [5.74, 6) is 4.22. The Morgan fingerprint density at radius 2 is 1.65 bits per heavy atom. The van der Waals surface area contributed by atoms with Crippen LogP contribution in [0.1, 0.15) is 29.2 Å². The minimum atomic E-state index is -1.29. The fraction of sp³-hybridized carbons (Fsp3) is 0.161. The molecule has 1 aliphatic heterocycles. The number of aliphatic carboxylic acids is 1. The number of nitrogens with zero attached hydrogens (tertiary/aromatic N) is 3. The minimum absolute atomic E-state index is 0.101. The molecule has 1 saturated heterocycles. The number of carbonyl (C=O) groups is 3. The zero-order valence-corrected chi connectivity index (χ0v) is 21.9. The lowest BCUT2D eigenvalue weighted by Crippen LogP contribution is -2.43. The van der Waals surface area contributed by atoms with Gasteiger partial charge < -0.3 is 20.6 Å². The van der Waals surface area contributed by atoms with Crippen LogP contribution >= 0.6 is 0 Å². The van der Waals surface area contributed by atoms with Crippen molar-refractivity contribution in [3.8, 4) is 5.75 Å². The first kappa shape index (κ1) is 26.4. The number of fused-ring (bicyclic) bond motifs is 1. The third-order valence-electron chi connectivity index (χ3n) is 7.12. The largest absolute Gasteiger partial charge is 0.482 e. The van der Waals surface area contributed by atoms with Crippen molar-refractivity contribution < 1.29 is 24.2 Å². The van der Waals surface area contributed by atoms with E-state index in [1.165, 1.54) is 4.90 Å². The molecule has 3 N–H and O–H groups in total. The van der Waals surface area contributed by atoms with Crippen molar-refractivity contribution >= 4 is 34.9 Å². The maximum atomic E-state index is 14.1. The van der Waals surface area contributed by atoms with Crippen LogP contribution in [0.25, 0.3) is 10.8 Å². The van der Waals surface area contributed by atoms with Gasteiger partial charge in [-0.2, -0.15) is 5.10 Å². The molecule has 0 bridgehead atoms. The molecule has 1 aliphatic rings. The molecule has 0 aromatic heterocycles. The molecule has 5 rings (SSSR count). The molecule has 1 atom stereocenters.